The van der Waals surface area contributed by atoms with E-state index in [2.05, 4.69) is 0 Å². The molecule has 0 amide bonds. The molecule has 0 bridgehead atoms. The van der Waals surface area contributed by atoms with Gasteiger partial charge in [-0.25, -0.2) is 8.78 Å². The van der Waals surface area contributed by atoms with Crippen LogP contribution in [-0.2, 0) is 0 Å². The summed E-state index contributed by atoms with van der Waals surface area (Å²) in [7, 11) is 0. The first kappa shape index (κ1) is 18.0. The van der Waals surface area contributed by atoms with Crippen molar-refractivity contribution >= 4 is 21.8 Å². The highest BCUT2D eigenvalue weighted by Crippen LogP contribution is 2.30. The van der Waals surface area contributed by atoms with Gasteiger partial charge in [0.05, 0.1) is 11.1 Å². The molecule has 0 atom stereocenters. The maximum Gasteiger partial charge on any atom is 0.298 e. The van der Waals surface area contributed by atoms with Gasteiger partial charge in [-0.3, -0.25) is 0 Å². The van der Waals surface area contributed by atoms with Gasteiger partial charge in [-0.2, -0.15) is 9.46 Å². The number of hydrogen-bond acceptors (Lipinski definition) is 2. The molecule has 0 N–H and O–H groups in total. The summed E-state index contributed by atoms with van der Waals surface area (Å²) in [6, 6.07) is 21.4. The zero-order chi connectivity index (χ0) is 20.8. The first-order valence-corrected chi connectivity index (χ1v) is 9.26. The molecule has 4 nitrogen and oxygen atoms in total. The summed E-state index contributed by atoms with van der Waals surface area (Å²) in [4.78, 5) is 0. The lowest BCUT2D eigenvalue weighted by molar-refractivity contribution is -0.612. The summed E-state index contributed by atoms with van der Waals surface area (Å²) in [5.41, 5.74) is 1.28. The maximum absolute atomic E-state index is 13.5. The van der Waals surface area contributed by atoms with Crippen LogP contribution in [0.1, 0.15) is 0 Å². The highest BCUT2D eigenvalue weighted by molar-refractivity contribution is 5.93. The lowest BCUT2D eigenvalue weighted by Crippen LogP contribution is -2.42. The van der Waals surface area contributed by atoms with E-state index in [0.29, 0.717) is 20.6 Å². The average Bonchev–Trinajstić information content (AvgIpc) is 2.76. The van der Waals surface area contributed by atoms with E-state index in [1.54, 1.807) is 12.1 Å². The molecule has 0 fully saturated rings. The van der Waals surface area contributed by atoms with Crippen molar-refractivity contribution in [2.45, 2.75) is 0 Å². The third-order valence-corrected chi connectivity index (χ3v) is 5.15. The fourth-order valence-electron chi connectivity index (χ4n) is 3.70. The smallest absolute Gasteiger partial charge is 0.298 e. The molecule has 0 aliphatic heterocycles. The molecule has 1 aromatic heterocycles. The average molecular weight is 400 g/mol. The number of nitrogens with zero attached hydrogens (tertiary/aromatic N) is 2. The fraction of sp³-hybridized carbons (Fsp3) is 0. The van der Waals surface area contributed by atoms with E-state index in [4.69, 9.17) is 0 Å². The van der Waals surface area contributed by atoms with Gasteiger partial charge in [0.1, 0.15) is 11.6 Å². The zero-order valence-corrected chi connectivity index (χ0v) is 15.5. The van der Waals surface area contributed by atoms with E-state index in [1.165, 1.54) is 48.5 Å². The summed E-state index contributed by atoms with van der Waals surface area (Å²) in [6.45, 7) is 0. The topological polar surface area (TPSA) is 53.9 Å². The largest absolute Gasteiger partial charge is 0.617 e. The minimum absolute atomic E-state index is 0.0689. The quantitative estimate of drug-likeness (QED) is 0.241. The van der Waals surface area contributed by atoms with Gasteiger partial charge in [0, 0.05) is 12.1 Å². The van der Waals surface area contributed by atoms with Crippen LogP contribution in [0.2, 0.25) is 0 Å². The van der Waals surface area contributed by atoms with Crippen LogP contribution in [0.5, 0.6) is 0 Å². The van der Waals surface area contributed by atoms with Crippen LogP contribution in [0.3, 0.4) is 0 Å². The molecular formula is C24H14F2N2O2. The summed E-state index contributed by atoms with van der Waals surface area (Å²) in [5, 5.41) is 28.6. The Bertz CT molecular complexity index is 1310. The number of benzene rings is 4. The van der Waals surface area contributed by atoms with Crippen molar-refractivity contribution in [2.75, 3.05) is 0 Å². The van der Waals surface area contributed by atoms with Crippen LogP contribution in [-0.4, -0.2) is 0 Å². The first-order valence-electron chi connectivity index (χ1n) is 9.26. The monoisotopic (exact) mass is 400 g/mol. The predicted molar refractivity (Wildman–Crippen MR) is 110 cm³/mol. The van der Waals surface area contributed by atoms with E-state index in [9.17, 15) is 19.2 Å². The summed E-state index contributed by atoms with van der Waals surface area (Å²) < 4.78 is 28.3. The van der Waals surface area contributed by atoms with Crippen LogP contribution in [0.4, 0.5) is 8.78 Å². The fourth-order valence-corrected chi connectivity index (χ4v) is 3.70. The second kappa shape index (κ2) is 6.77. The van der Waals surface area contributed by atoms with E-state index in [1.807, 2.05) is 24.3 Å². The molecule has 146 valence electrons. The first-order chi connectivity index (χ1) is 14.5. The standard InChI is InChI=1S/C24H14F2N2O2/c25-19-9-5-15(6-10-19)23-24(16-7-11-20(26)12-8-16)28(30)22-14-18-4-2-1-3-17(18)13-21(22)27(23)29/h1-14H. The normalized spacial score (nSPS) is 11.3. The van der Waals surface area contributed by atoms with Crippen LogP contribution < -0.4 is 9.46 Å². The number of hydrogen-bond donors (Lipinski definition) is 0. The predicted octanol–water partition coefficient (Wildman–Crippen LogP) is 4.87. The Kier molecular flexibility index (Phi) is 4.06. The highest BCUT2D eigenvalue weighted by Gasteiger charge is 2.31. The van der Waals surface area contributed by atoms with Crippen LogP contribution in [0.25, 0.3) is 44.3 Å². The van der Waals surface area contributed by atoms with Crippen molar-refractivity contribution in [3.63, 3.8) is 0 Å². The van der Waals surface area contributed by atoms with Gasteiger partial charge in [0.2, 0.25) is 0 Å². The minimum atomic E-state index is -0.457. The number of fused-ring (bicyclic) bond motifs is 2. The molecule has 0 saturated heterocycles. The lowest BCUT2D eigenvalue weighted by Gasteiger charge is -2.14. The van der Waals surface area contributed by atoms with Crippen molar-refractivity contribution in [1.29, 1.82) is 0 Å². The maximum atomic E-state index is 13.5. The van der Waals surface area contributed by atoms with Crippen molar-refractivity contribution < 1.29 is 18.2 Å². The molecule has 6 heteroatoms. The van der Waals surface area contributed by atoms with Gasteiger partial charge >= 0.3 is 0 Å². The van der Waals surface area contributed by atoms with Crippen molar-refractivity contribution in [3.8, 4) is 22.5 Å². The molecule has 0 spiro atoms. The van der Waals surface area contributed by atoms with Gasteiger partial charge in [0.25, 0.3) is 22.4 Å². The van der Waals surface area contributed by atoms with E-state index in [0.717, 1.165) is 10.8 Å². The summed E-state index contributed by atoms with van der Waals surface area (Å²) in [6.07, 6.45) is 0. The van der Waals surface area contributed by atoms with Crippen LogP contribution in [0, 0.1) is 22.0 Å². The lowest BCUT2D eigenvalue weighted by atomic mass is 10.0. The number of rotatable bonds is 2. The van der Waals surface area contributed by atoms with Gasteiger partial charge in [-0.1, -0.05) is 24.3 Å². The Morgan fingerprint density at radius 2 is 0.900 bits per heavy atom. The minimum Gasteiger partial charge on any atom is -0.617 e. The van der Waals surface area contributed by atoms with E-state index in [-0.39, 0.29) is 22.4 Å². The van der Waals surface area contributed by atoms with Gasteiger partial charge in [0.15, 0.2) is 0 Å². The van der Waals surface area contributed by atoms with E-state index >= 15 is 0 Å². The molecule has 0 saturated carbocycles. The van der Waals surface area contributed by atoms with E-state index < -0.39 is 11.6 Å². The molecular weight excluding hydrogens is 386 g/mol. The van der Waals surface area contributed by atoms with Crippen LogP contribution in [0.15, 0.2) is 84.9 Å². The Hall–Kier alpha value is -4.06. The van der Waals surface area contributed by atoms with Crippen molar-refractivity contribution in [2.24, 2.45) is 0 Å². The molecule has 5 aromatic rings. The van der Waals surface area contributed by atoms with Crippen molar-refractivity contribution in [3.05, 3.63) is 107 Å². The van der Waals surface area contributed by atoms with Crippen LogP contribution >= 0.6 is 0 Å². The number of aromatic nitrogens is 2. The second-order valence-corrected chi connectivity index (χ2v) is 6.99. The molecule has 0 aliphatic carbocycles. The SMILES string of the molecule is [O-][n+]1c(-c2ccc(F)cc2)c(-c2ccc(F)cc2)[n+]([O-])c2cc3ccccc3cc21. The molecule has 0 aliphatic rings. The molecule has 1 heterocycles. The molecule has 0 unspecified atom stereocenters. The third-order valence-electron chi connectivity index (χ3n) is 5.15. The molecule has 5 rings (SSSR count). The summed E-state index contributed by atoms with van der Waals surface area (Å²) >= 11 is 0. The van der Waals surface area contributed by atoms with Gasteiger partial charge in [-0.15, -0.1) is 0 Å². The second-order valence-electron chi connectivity index (χ2n) is 6.99. The molecule has 0 radical (unpaired) electrons. The Morgan fingerprint density at radius 1 is 0.533 bits per heavy atom. The zero-order valence-electron chi connectivity index (χ0n) is 15.5. The Labute approximate surface area is 170 Å². The Balaban J connectivity index is 1.94. The number of halogens is 2. The Morgan fingerprint density at radius 3 is 1.27 bits per heavy atom. The highest BCUT2D eigenvalue weighted by atomic mass is 19.1. The summed E-state index contributed by atoms with van der Waals surface area (Å²) in [5.74, 6) is -0.914. The third kappa shape index (κ3) is 2.81. The molecule has 4 aromatic carbocycles. The van der Waals surface area contributed by atoms with Gasteiger partial charge in [-0.05, 0) is 59.3 Å². The van der Waals surface area contributed by atoms with Gasteiger partial charge < -0.3 is 10.4 Å². The molecule has 30 heavy (non-hydrogen) atoms. The van der Waals surface area contributed by atoms with Crippen molar-refractivity contribution in [1.82, 2.24) is 0 Å².